The molecule has 112 valence electrons. The maximum absolute atomic E-state index is 13.2. The van der Waals surface area contributed by atoms with E-state index >= 15 is 0 Å². The first kappa shape index (κ1) is 16.0. The quantitative estimate of drug-likeness (QED) is 0.785. The number of nitrogens with one attached hydrogen (secondary N) is 1. The van der Waals surface area contributed by atoms with Crippen LogP contribution in [0.4, 0.5) is 4.39 Å². The second-order valence-corrected chi connectivity index (χ2v) is 6.05. The van der Waals surface area contributed by atoms with Gasteiger partial charge in [-0.25, -0.2) is 4.39 Å². The van der Waals surface area contributed by atoms with Crippen LogP contribution in [-0.2, 0) is 0 Å². The molecule has 2 unspecified atom stereocenters. The van der Waals surface area contributed by atoms with Gasteiger partial charge in [0.05, 0.1) is 5.02 Å². The number of benzene rings is 2. The van der Waals surface area contributed by atoms with Crippen LogP contribution in [-0.4, -0.2) is 0 Å². The minimum absolute atomic E-state index is 0.0961. The molecule has 21 heavy (non-hydrogen) atoms. The SMILES string of the molecule is Cc1ccc(C(C)NC(C)c2ccc(F)c(Cl)c2)c(C)c1. The summed E-state index contributed by atoms with van der Waals surface area (Å²) in [6.07, 6.45) is 0. The van der Waals surface area contributed by atoms with Crippen LogP contribution in [0, 0.1) is 19.7 Å². The zero-order valence-electron chi connectivity index (χ0n) is 12.9. The van der Waals surface area contributed by atoms with Crippen LogP contribution in [0.1, 0.15) is 48.2 Å². The maximum Gasteiger partial charge on any atom is 0.141 e. The molecule has 0 fully saturated rings. The number of hydrogen-bond acceptors (Lipinski definition) is 1. The van der Waals surface area contributed by atoms with E-state index in [0.29, 0.717) is 0 Å². The van der Waals surface area contributed by atoms with Gasteiger partial charge in [0.1, 0.15) is 5.82 Å². The van der Waals surface area contributed by atoms with Gasteiger partial charge in [-0.15, -0.1) is 0 Å². The minimum atomic E-state index is -0.380. The van der Waals surface area contributed by atoms with Crippen molar-refractivity contribution in [3.05, 3.63) is 69.5 Å². The fourth-order valence-electron chi connectivity index (χ4n) is 2.65. The van der Waals surface area contributed by atoms with Crippen molar-refractivity contribution in [3.8, 4) is 0 Å². The van der Waals surface area contributed by atoms with E-state index in [-0.39, 0.29) is 22.9 Å². The summed E-state index contributed by atoms with van der Waals surface area (Å²) in [7, 11) is 0. The average molecular weight is 306 g/mol. The molecular formula is C18H21ClFN. The lowest BCUT2D eigenvalue weighted by atomic mass is 9.99. The van der Waals surface area contributed by atoms with E-state index in [9.17, 15) is 4.39 Å². The van der Waals surface area contributed by atoms with Crippen molar-refractivity contribution in [1.29, 1.82) is 0 Å². The van der Waals surface area contributed by atoms with E-state index < -0.39 is 0 Å². The molecule has 2 aromatic rings. The molecule has 0 radical (unpaired) electrons. The zero-order valence-corrected chi connectivity index (χ0v) is 13.6. The normalized spacial score (nSPS) is 14.0. The van der Waals surface area contributed by atoms with Crippen LogP contribution in [0.25, 0.3) is 0 Å². The van der Waals surface area contributed by atoms with Crippen molar-refractivity contribution in [2.45, 2.75) is 39.8 Å². The van der Waals surface area contributed by atoms with Gasteiger partial charge in [-0.2, -0.15) is 0 Å². The zero-order chi connectivity index (χ0) is 15.6. The summed E-state index contributed by atoms with van der Waals surface area (Å²) >= 11 is 5.85. The molecule has 2 aromatic carbocycles. The van der Waals surface area contributed by atoms with Crippen molar-refractivity contribution in [2.75, 3.05) is 0 Å². The third-order valence-electron chi connectivity index (χ3n) is 3.84. The van der Waals surface area contributed by atoms with Gasteiger partial charge >= 0.3 is 0 Å². The molecule has 0 aliphatic carbocycles. The maximum atomic E-state index is 13.2. The molecule has 0 spiro atoms. The fourth-order valence-corrected chi connectivity index (χ4v) is 2.84. The molecule has 2 rings (SSSR count). The number of aryl methyl sites for hydroxylation is 2. The summed E-state index contributed by atoms with van der Waals surface area (Å²) in [5, 5.41) is 3.71. The van der Waals surface area contributed by atoms with Crippen LogP contribution in [0.3, 0.4) is 0 Å². The Morgan fingerprint density at radius 1 is 1.00 bits per heavy atom. The Morgan fingerprint density at radius 3 is 2.33 bits per heavy atom. The van der Waals surface area contributed by atoms with E-state index in [2.05, 4.69) is 51.2 Å². The molecular weight excluding hydrogens is 285 g/mol. The van der Waals surface area contributed by atoms with Crippen molar-refractivity contribution in [2.24, 2.45) is 0 Å². The smallest absolute Gasteiger partial charge is 0.141 e. The molecule has 1 nitrogen and oxygen atoms in total. The third-order valence-corrected chi connectivity index (χ3v) is 4.13. The van der Waals surface area contributed by atoms with Gasteiger partial charge in [0.15, 0.2) is 0 Å². The van der Waals surface area contributed by atoms with Crippen molar-refractivity contribution in [3.63, 3.8) is 0 Å². The molecule has 0 saturated heterocycles. The topological polar surface area (TPSA) is 12.0 Å². The summed E-state index contributed by atoms with van der Waals surface area (Å²) in [5.74, 6) is -0.380. The van der Waals surface area contributed by atoms with Gasteiger partial charge in [-0.05, 0) is 56.5 Å². The summed E-state index contributed by atoms with van der Waals surface area (Å²) in [4.78, 5) is 0. The third kappa shape index (κ3) is 3.84. The number of hydrogen-bond donors (Lipinski definition) is 1. The monoisotopic (exact) mass is 305 g/mol. The van der Waals surface area contributed by atoms with Gasteiger partial charge in [0.2, 0.25) is 0 Å². The highest BCUT2D eigenvalue weighted by molar-refractivity contribution is 6.30. The largest absolute Gasteiger partial charge is 0.304 e. The fraction of sp³-hybridized carbons (Fsp3) is 0.333. The van der Waals surface area contributed by atoms with Crippen LogP contribution < -0.4 is 5.32 Å². The first-order valence-electron chi connectivity index (χ1n) is 7.16. The number of halogens is 2. The predicted molar refractivity (Wildman–Crippen MR) is 87.3 cm³/mol. The van der Waals surface area contributed by atoms with Crippen LogP contribution in [0.2, 0.25) is 5.02 Å². The molecule has 0 aliphatic heterocycles. The molecule has 1 N–H and O–H groups in total. The standard InChI is InChI=1S/C18H21ClFN/c1-11-5-7-16(12(2)9-11)14(4)21-13(3)15-6-8-18(20)17(19)10-15/h5-10,13-14,21H,1-4H3. The summed E-state index contributed by atoms with van der Waals surface area (Å²) < 4.78 is 13.2. The second kappa shape index (κ2) is 6.59. The molecule has 3 heteroatoms. The Kier molecular flexibility index (Phi) is 5.02. The van der Waals surface area contributed by atoms with Gasteiger partial charge in [-0.3, -0.25) is 0 Å². The summed E-state index contributed by atoms with van der Waals surface area (Å²) in [6.45, 7) is 8.42. The lowest BCUT2D eigenvalue weighted by Crippen LogP contribution is -2.23. The van der Waals surface area contributed by atoms with E-state index in [1.165, 1.54) is 22.8 Å². The van der Waals surface area contributed by atoms with Crippen molar-refractivity contribution >= 4 is 11.6 Å². The highest BCUT2D eigenvalue weighted by Gasteiger charge is 2.14. The minimum Gasteiger partial charge on any atom is -0.304 e. The Morgan fingerprint density at radius 2 is 1.71 bits per heavy atom. The van der Waals surface area contributed by atoms with E-state index in [1.807, 2.05) is 0 Å². The Hall–Kier alpha value is -1.38. The first-order valence-corrected chi connectivity index (χ1v) is 7.54. The first-order chi connectivity index (χ1) is 9.88. The van der Waals surface area contributed by atoms with Gasteiger partial charge in [-0.1, -0.05) is 41.4 Å². The van der Waals surface area contributed by atoms with E-state index in [4.69, 9.17) is 11.6 Å². The average Bonchev–Trinajstić information content (AvgIpc) is 2.41. The highest BCUT2D eigenvalue weighted by atomic mass is 35.5. The molecule has 2 atom stereocenters. The molecule has 0 aromatic heterocycles. The number of rotatable bonds is 4. The molecule has 0 aliphatic rings. The van der Waals surface area contributed by atoms with Gasteiger partial charge < -0.3 is 5.32 Å². The van der Waals surface area contributed by atoms with E-state index in [1.54, 1.807) is 12.1 Å². The molecule has 0 saturated carbocycles. The van der Waals surface area contributed by atoms with Crippen molar-refractivity contribution < 1.29 is 4.39 Å². The van der Waals surface area contributed by atoms with Crippen LogP contribution in [0.5, 0.6) is 0 Å². The summed E-state index contributed by atoms with van der Waals surface area (Å²) in [5.41, 5.74) is 4.81. The highest BCUT2D eigenvalue weighted by Crippen LogP contribution is 2.25. The lowest BCUT2D eigenvalue weighted by molar-refractivity contribution is 0.492. The molecule has 0 heterocycles. The molecule has 0 amide bonds. The predicted octanol–water partition coefficient (Wildman–Crippen LogP) is 5.51. The Labute approximate surface area is 131 Å². The van der Waals surface area contributed by atoms with Crippen LogP contribution >= 0.6 is 11.6 Å². The Bertz CT molecular complexity index is 639. The van der Waals surface area contributed by atoms with Gasteiger partial charge in [0, 0.05) is 12.1 Å². The molecule has 0 bridgehead atoms. The van der Waals surface area contributed by atoms with Crippen LogP contribution in [0.15, 0.2) is 36.4 Å². The van der Waals surface area contributed by atoms with E-state index in [0.717, 1.165) is 5.56 Å². The van der Waals surface area contributed by atoms with Gasteiger partial charge in [0.25, 0.3) is 0 Å². The van der Waals surface area contributed by atoms with Crippen molar-refractivity contribution in [1.82, 2.24) is 5.32 Å². The lowest BCUT2D eigenvalue weighted by Gasteiger charge is -2.22. The Balaban J connectivity index is 2.14. The second-order valence-electron chi connectivity index (χ2n) is 5.64. The summed E-state index contributed by atoms with van der Waals surface area (Å²) in [6, 6.07) is 11.6.